The summed E-state index contributed by atoms with van der Waals surface area (Å²) in [5.41, 5.74) is 1.16. The number of rotatable bonds is 0. The molecule has 3 heteroatoms. The van der Waals surface area contributed by atoms with Gasteiger partial charge in [-0.1, -0.05) is 11.6 Å². The molecule has 1 aliphatic rings. The van der Waals surface area contributed by atoms with Crippen molar-refractivity contribution < 1.29 is 0 Å². The van der Waals surface area contributed by atoms with E-state index in [1.165, 1.54) is 4.90 Å². The van der Waals surface area contributed by atoms with Gasteiger partial charge in [-0.05, 0) is 18.2 Å². The van der Waals surface area contributed by atoms with E-state index < -0.39 is 0 Å². The average molecular weight is 172 g/mol. The van der Waals surface area contributed by atoms with Gasteiger partial charge in [-0.2, -0.15) is 0 Å². The summed E-state index contributed by atoms with van der Waals surface area (Å²) in [6.45, 7) is 0. The van der Waals surface area contributed by atoms with Crippen molar-refractivity contribution in [3.8, 4) is 0 Å². The molecule has 0 bridgehead atoms. The van der Waals surface area contributed by atoms with Gasteiger partial charge in [0.25, 0.3) is 0 Å². The molecule has 1 aromatic rings. The van der Waals surface area contributed by atoms with Crippen molar-refractivity contribution in [3.63, 3.8) is 0 Å². The molecule has 0 amide bonds. The van der Waals surface area contributed by atoms with Gasteiger partial charge in [-0.3, -0.25) is 0 Å². The highest BCUT2D eigenvalue weighted by atomic mass is 35.5. The summed E-state index contributed by atoms with van der Waals surface area (Å²) >= 11 is 7.58. The third-order valence-electron chi connectivity index (χ3n) is 1.43. The lowest BCUT2D eigenvalue weighted by Crippen LogP contribution is -1.87. The van der Waals surface area contributed by atoms with Crippen LogP contribution in [0.1, 0.15) is 0 Å². The SMILES string of the molecule is Clc1ccc2c(c1)NCS2. The van der Waals surface area contributed by atoms with Crippen molar-refractivity contribution in [1.82, 2.24) is 0 Å². The minimum Gasteiger partial charge on any atom is -0.375 e. The second-order valence-corrected chi connectivity index (χ2v) is 3.56. The zero-order chi connectivity index (χ0) is 6.97. The van der Waals surface area contributed by atoms with Crippen LogP contribution in [-0.2, 0) is 0 Å². The van der Waals surface area contributed by atoms with E-state index in [0.717, 1.165) is 16.6 Å². The summed E-state index contributed by atoms with van der Waals surface area (Å²) in [6.07, 6.45) is 0. The third kappa shape index (κ3) is 0.976. The first kappa shape index (κ1) is 6.38. The Bertz CT molecular complexity index is 262. The fraction of sp³-hybridized carbons (Fsp3) is 0.143. The van der Waals surface area contributed by atoms with Crippen LogP contribution in [-0.4, -0.2) is 5.88 Å². The number of thioether (sulfide) groups is 1. The molecular weight excluding hydrogens is 166 g/mol. The fourth-order valence-electron chi connectivity index (χ4n) is 0.958. The Hall–Kier alpha value is -0.340. The molecular formula is C7H6ClNS. The van der Waals surface area contributed by atoms with E-state index >= 15 is 0 Å². The van der Waals surface area contributed by atoms with E-state index in [-0.39, 0.29) is 0 Å². The minimum absolute atomic E-state index is 0.800. The molecule has 10 heavy (non-hydrogen) atoms. The zero-order valence-electron chi connectivity index (χ0n) is 5.23. The van der Waals surface area contributed by atoms with Gasteiger partial charge in [0.05, 0.1) is 11.6 Å². The highest BCUT2D eigenvalue weighted by Gasteiger charge is 2.08. The summed E-state index contributed by atoms with van der Waals surface area (Å²) in [5.74, 6) is 0.968. The first-order valence-corrected chi connectivity index (χ1v) is 4.39. The van der Waals surface area contributed by atoms with Crippen LogP contribution in [0.4, 0.5) is 5.69 Å². The van der Waals surface area contributed by atoms with Crippen molar-refractivity contribution in [2.45, 2.75) is 4.90 Å². The largest absolute Gasteiger partial charge is 0.375 e. The lowest BCUT2D eigenvalue weighted by Gasteiger charge is -1.96. The van der Waals surface area contributed by atoms with Gasteiger partial charge in [0.1, 0.15) is 0 Å². The molecule has 0 aliphatic carbocycles. The summed E-state index contributed by atoms with van der Waals surface area (Å²) < 4.78 is 0. The maximum absolute atomic E-state index is 5.77. The van der Waals surface area contributed by atoms with Gasteiger partial charge in [-0.25, -0.2) is 0 Å². The molecule has 1 nitrogen and oxygen atoms in total. The van der Waals surface area contributed by atoms with Crippen molar-refractivity contribution in [1.29, 1.82) is 0 Å². The summed E-state index contributed by atoms with van der Waals surface area (Å²) in [6, 6.07) is 5.92. The molecule has 0 atom stereocenters. The Labute approximate surface area is 68.8 Å². The molecule has 0 saturated heterocycles. The first-order valence-electron chi connectivity index (χ1n) is 3.02. The second-order valence-electron chi connectivity index (χ2n) is 2.11. The standard InChI is InChI=1S/C7H6ClNS/c8-5-1-2-7-6(3-5)9-4-10-7/h1-3,9H,4H2. The molecule has 2 rings (SSSR count). The molecule has 0 aromatic heterocycles. The number of fused-ring (bicyclic) bond motifs is 1. The molecule has 0 saturated carbocycles. The van der Waals surface area contributed by atoms with Crippen LogP contribution in [0, 0.1) is 0 Å². The minimum atomic E-state index is 0.800. The van der Waals surface area contributed by atoms with Crippen molar-refractivity contribution in [2.24, 2.45) is 0 Å². The van der Waals surface area contributed by atoms with Crippen molar-refractivity contribution in [2.75, 3.05) is 11.2 Å². The number of benzene rings is 1. The van der Waals surface area contributed by atoms with E-state index in [1.54, 1.807) is 11.8 Å². The van der Waals surface area contributed by atoms with E-state index in [9.17, 15) is 0 Å². The van der Waals surface area contributed by atoms with E-state index in [2.05, 4.69) is 5.32 Å². The Balaban J connectivity index is 2.52. The van der Waals surface area contributed by atoms with Crippen molar-refractivity contribution in [3.05, 3.63) is 23.2 Å². The Kier molecular flexibility index (Phi) is 1.51. The van der Waals surface area contributed by atoms with Gasteiger partial charge < -0.3 is 5.32 Å². The van der Waals surface area contributed by atoms with Crippen molar-refractivity contribution >= 4 is 29.1 Å². The molecule has 0 fully saturated rings. The smallest absolute Gasteiger partial charge is 0.0658 e. The highest BCUT2D eigenvalue weighted by Crippen LogP contribution is 2.34. The quantitative estimate of drug-likeness (QED) is 0.645. The lowest BCUT2D eigenvalue weighted by atomic mass is 10.3. The fourth-order valence-corrected chi connectivity index (χ4v) is 1.96. The number of hydrogen-bond acceptors (Lipinski definition) is 2. The number of nitrogens with one attached hydrogen (secondary N) is 1. The summed E-state index contributed by atoms with van der Waals surface area (Å²) in [5, 5.41) is 4.02. The van der Waals surface area contributed by atoms with Crippen LogP contribution in [0.15, 0.2) is 23.1 Å². The van der Waals surface area contributed by atoms with Gasteiger partial charge in [0, 0.05) is 9.92 Å². The molecule has 1 heterocycles. The zero-order valence-corrected chi connectivity index (χ0v) is 6.80. The lowest BCUT2D eigenvalue weighted by molar-refractivity contribution is 1.43. The van der Waals surface area contributed by atoms with Crippen LogP contribution in [0.3, 0.4) is 0 Å². The summed E-state index contributed by atoms with van der Waals surface area (Å²) in [7, 11) is 0. The molecule has 52 valence electrons. The molecule has 0 radical (unpaired) electrons. The number of hydrogen-bond donors (Lipinski definition) is 1. The Morgan fingerprint density at radius 3 is 3.30 bits per heavy atom. The van der Waals surface area contributed by atoms with E-state index in [0.29, 0.717) is 0 Å². The molecule has 1 N–H and O–H groups in total. The topological polar surface area (TPSA) is 12.0 Å². The third-order valence-corrected chi connectivity index (χ3v) is 2.62. The van der Waals surface area contributed by atoms with Gasteiger partial charge in [0.2, 0.25) is 0 Å². The molecule has 1 aliphatic heterocycles. The maximum atomic E-state index is 5.77. The highest BCUT2D eigenvalue weighted by molar-refractivity contribution is 7.99. The molecule has 1 aromatic carbocycles. The van der Waals surface area contributed by atoms with E-state index in [4.69, 9.17) is 11.6 Å². The number of halogens is 1. The van der Waals surface area contributed by atoms with Gasteiger partial charge in [-0.15, -0.1) is 11.8 Å². The molecule has 0 unspecified atom stereocenters. The van der Waals surface area contributed by atoms with Gasteiger partial charge >= 0.3 is 0 Å². The monoisotopic (exact) mass is 171 g/mol. The van der Waals surface area contributed by atoms with E-state index in [1.807, 2.05) is 18.2 Å². The van der Waals surface area contributed by atoms with Crippen LogP contribution in [0.25, 0.3) is 0 Å². The predicted octanol–water partition coefficient (Wildman–Crippen LogP) is 2.82. The second kappa shape index (κ2) is 2.36. The van der Waals surface area contributed by atoms with Gasteiger partial charge in [0.15, 0.2) is 0 Å². The normalized spacial score (nSPS) is 14.5. The summed E-state index contributed by atoms with van der Waals surface area (Å²) in [4.78, 5) is 1.30. The number of anilines is 1. The maximum Gasteiger partial charge on any atom is 0.0658 e. The first-order chi connectivity index (χ1) is 4.86. The van der Waals surface area contributed by atoms with Crippen LogP contribution in [0.2, 0.25) is 5.02 Å². The Morgan fingerprint density at radius 2 is 2.40 bits per heavy atom. The Morgan fingerprint density at radius 1 is 1.50 bits per heavy atom. The molecule has 0 spiro atoms. The average Bonchev–Trinajstić information content (AvgIpc) is 2.33. The predicted molar refractivity (Wildman–Crippen MR) is 45.8 cm³/mol. The van der Waals surface area contributed by atoms with Crippen LogP contribution in [0.5, 0.6) is 0 Å². The van der Waals surface area contributed by atoms with Crippen LogP contribution >= 0.6 is 23.4 Å². The van der Waals surface area contributed by atoms with Crippen LogP contribution < -0.4 is 5.32 Å².